The average Bonchev–Trinajstić information content (AvgIpc) is 3.01. The molecule has 2 fully saturated rings. The van der Waals surface area contributed by atoms with Crippen LogP contribution in [-0.4, -0.2) is 52.2 Å². The third-order valence-electron chi connectivity index (χ3n) is 4.78. The topological polar surface area (TPSA) is 64.6 Å². The maximum Gasteiger partial charge on any atom is 0.255 e. The minimum Gasteiger partial charge on any atom is -0.484 e. The van der Waals surface area contributed by atoms with Gasteiger partial charge >= 0.3 is 0 Å². The first-order valence-corrected chi connectivity index (χ1v) is 8.63. The molecule has 0 N–H and O–H groups in total. The highest BCUT2D eigenvalue weighted by Gasteiger charge is 2.47. The summed E-state index contributed by atoms with van der Waals surface area (Å²) in [7, 11) is 0. The zero-order valence-corrected chi connectivity index (χ0v) is 14.2. The van der Waals surface area contributed by atoms with E-state index >= 15 is 0 Å². The standard InChI is InChI=1S/C19H21N3O3/c1-13-8-14(10-21-9-13)19(23)22-12-17(18-16(22)5-3-7-24-18)25-15-4-2-6-20-11-15/h2,4,6,8-11,16-18H,3,5,7,12H2,1H3/t16-,17-,18+/m1/s1. The van der Waals surface area contributed by atoms with Crippen LogP contribution < -0.4 is 4.74 Å². The lowest BCUT2D eigenvalue weighted by Gasteiger charge is -2.32. The molecular weight excluding hydrogens is 318 g/mol. The summed E-state index contributed by atoms with van der Waals surface area (Å²) in [4.78, 5) is 23.1. The van der Waals surface area contributed by atoms with Gasteiger partial charge in [-0.05, 0) is 43.5 Å². The smallest absolute Gasteiger partial charge is 0.255 e. The van der Waals surface area contributed by atoms with Crippen molar-refractivity contribution in [3.05, 3.63) is 54.1 Å². The molecule has 2 aliphatic rings. The second-order valence-corrected chi connectivity index (χ2v) is 6.60. The van der Waals surface area contributed by atoms with Crippen molar-refractivity contribution >= 4 is 5.91 Å². The van der Waals surface area contributed by atoms with E-state index in [9.17, 15) is 4.79 Å². The second kappa shape index (κ2) is 6.80. The third-order valence-corrected chi connectivity index (χ3v) is 4.78. The van der Waals surface area contributed by atoms with Crippen LogP contribution in [0, 0.1) is 6.92 Å². The molecular formula is C19H21N3O3. The normalized spacial score (nSPS) is 25.5. The number of ether oxygens (including phenoxy) is 2. The van der Waals surface area contributed by atoms with Crippen LogP contribution in [0.5, 0.6) is 5.75 Å². The number of hydrogen-bond donors (Lipinski definition) is 0. The van der Waals surface area contributed by atoms with E-state index in [1.807, 2.05) is 30.0 Å². The monoisotopic (exact) mass is 339 g/mol. The van der Waals surface area contributed by atoms with Crippen molar-refractivity contribution in [1.82, 2.24) is 14.9 Å². The summed E-state index contributed by atoms with van der Waals surface area (Å²) in [6.45, 7) is 3.16. The first kappa shape index (κ1) is 16.0. The van der Waals surface area contributed by atoms with Gasteiger partial charge in [0.1, 0.15) is 18.0 Å². The lowest BCUT2D eigenvalue weighted by Crippen LogP contribution is -2.44. The average molecular weight is 339 g/mol. The van der Waals surface area contributed by atoms with Crippen LogP contribution in [0.25, 0.3) is 0 Å². The number of nitrogens with zero attached hydrogens (tertiary/aromatic N) is 3. The van der Waals surface area contributed by atoms with E-state index in [0.29, 0.717) is 24.5 Å². The number of fused-ring (bicyclic) bond motifs is 1. The van der Waals surface area contributed by atoms with E-state index in [2.05, 4.69) is 9.97 Å². The van der Waals surface area contributed by atoms with E-state index in [-0.39, 0.29) is 24.2 Å². The van der Waals surface area contributed by atoms with Gasteiger partial charge in [0, 0.05) is 25.2 Å². The summed E-state index contributed by atoms with van der Waals surface area (Å²) in [6, 6.07) is 5.64. The van der Waals surface area contributed by atoms with Gasteiger partial charge in [0.15, 0.2) is 0 Å². The fourth-order valence-electron chi connectivity index (χ4n) is 3.68. The molecule has 2 aromatic heterocycles. The predicted octanol–water partition coefficient (Wildman–Crippen LogP) is 2.24. The summed E-state index contributed by atoms with van der Waals surface area (Å²) in [5, 5.41) is 0. The molecule has 0 radical (unpaired) electrons. The van der Waals surface area contributed by atoms with E-state index in [4.69, 9.17) is 9.47 Å². The number of amides is 1. The van der Waals surface area contributed by atoms with Crippen LogP contribution in [0.1, 0.15) is 28.8 Å². The number of aryl methyl sites for hydroxylation is 1. The molecule has 0 unspecified atom stereocenters. The second-order valence-electron chi connectivity index (χ2n) is 6.60. The Morgan fingerprint density at radius 2 is 2.24 bits per heavy atom. The van der Waals surface area contributed by atoms with Crippen LogP contribution in [0.15, 0.2) is 43.0 Å². The number of rotatable bonds is 3. The quantitative estimate of drug-likeness (QED) is 0.858. The number of hydrogen-bond acceptors (Lipinski definition) is 5. The molecule has 25 heavy (non-hydrogen) atoms. The van der Waals surface area contributed by atoms with Crippen LogP contribution in [-0.2, 0) is 4.74 Å². The zero-order valence-electron chi connectivity index (χ0n) is 14.2. The first-order chi connectivity index (χ1) is 12.2. The summed E-state index contributed by atoms with van der Waals surface area (Å²) in [6.07, 6.45) is 8.38. The molecule has 0 saturated carbocycles. The Bertz CT molecular complexity index is 753. The van der Waals surface area contributed by atoms with Crippen molar-refractivity contribution in [3.63, 3.8) is 0 Å². The molecule has 0 aliphatic carbocycles. The Morgan fingerprint density at radius 3 is 3.04 bits per heavy atom. The summed E-state index contributed by atoms with van der Waals surface area (Å²) in [5.41, 5.74) is 1.59. The molecule has 2 aromatic rings. The van der Waals surface area contributed by atoms with Crippen molar-refractivity contribution in [2.45, 2.75) is 38.0 Å². The maximum atomic E-state index is 13.0. The molecule has 0 aromatic carbocycles. The Morgan fingerprint density at radius 1 is 1.32 bits per heavy atom. The fraction of sp³-hybridized carbons (Fsp3) is 0.421. The van der Waals surface area contributed by atoms with Crippen molar-refractivity contribution in [1.29, 1.82) is 0 Å². The van der Waals surface area contributed by atoms with Gasteiger partial charge in [0.2, 0.25) is 0 Å². The molecule has 4 heterocycles. The number of carbonyl (C=O) groups excluding carboxylic acids is 1. The maximum absolute atomic E-state index is 13.0. The highest BCUT2D eigenvalue weighted by Crippen LogP contribution is 2.32. The van der Waals surface area contributed by atoms with Gasteiger partial charge in [-0.3, -0.25) is 14.8 Å². The van der Waals surface area contributed by atoms with Crippen molar-refractivity contribution in [3.8, 4) is 5.75 Å². The fourth-order valence-corrected chi connectivity index (χ4v) is 3.68. The van der Waals surface area contributed by atoms with Crippen LogP contribution in [0.3, 0.4) is 0 Å². The molecule has 130 valence electrons. The molecule has 4 rings (SSSR count). The Labute approximate surface area is 146 Å². The number of aromatic nitrogens is 2. The number of likely N-dealkylation sites (tertiary alicyclic amines) is 1. The van der Waals surface area contributed by atoms with Gasteiger partial charge in [0.25, 0.3) is 5.91 Å². The van der Waals surface area contributed by atoms with Gasteiger partial charge in [-0.25, -0.2) is 0 Å². The van der Waals surface area contributed by atoms with E-state index < -0.39 is 0 Å². The van der Waals surface area contributed by atoms with E-state index in [1.54, 1.807) is 24.8 Å². The molecule has 0 spiro atoms. The molecule has 2 saturated heterocycles. The van der Waals surface area contributed by atoms with Crippen LogP contribution in [0.2, 0.25) is 0 Å². The highest BCUT2D eigenvalue weighted by atomic mass is 16.5. The molecule has 1 amide bonds. The Hall–Kier alpha value is -2.47. The van der Waals surface area contributed by atoms with Crippen molar-refractivity contribution < 1.29 is 14.3 Å². The third kappa shape index (κ3) is 3.22. The molecule has 6 nitrogen and oxygen atoms in total. The van der Waals surface area contributed by atoms with Crippen LogP contribution >= 0.6 is 0 Å². The van der Waals surface area contributed by atoms with E-state index in [0.717, 1.165) is 18.4 Å². The van der Waals surface area contributed by atoms with E-state index in [1.165, 1.54) is 0 Å². The molecule has 3 atom stereocenters. The largest absolute Gasteiger partial charge is 0.484 e. The highest BCUT2D eigenvalue weighted by molar-refractivity contribution is 5.94. The van der Waals surface area contributed by atoms with Crippen molar-refractivity contribution in [2.24, 2.45) is 0 Å². The van der Waals surface area contributed by atoms with Gasteiger partial charge in [0.05, 0.1) is 24.3 Å². The number of pyridine rings is 2. The number of carbonyl (C=O) groups is 1. The lowest BCUT2D eigenvalue weighted by molar-refractivity contribution is -0.0447. The Balaban J connectivity index is 1.57. The summed E-state index contributed by atoms with van der Waals surface area (Å²) >= 11 is 0. The van der Waals surface area contributed by atoms with Gasteiger partial charge in [-0.1, -0.05) is 0 Å². The minimum absolute atomic E-state index is 0.00557. The zero-order chi connectivity index (χ0) is 17.2. The van der Waals surface area contributed by atoms with Crippen molar-refractivity contribution in [2.75, 3.05) is 13.2 Å². The van der Waals surface area contributed by atoms with Gasteiger partial charge in [-0.2, -0.15) is 0 Å². The summed E-state index contributed by atoms with van der Waals surface area (Å²) in [5.74, 6) is 0.695. The SMILES string of the molecule is Cc1cncc(C(=O)N2C[C@@H](Oc3cccnc3)[C@H]3OCCC[C@H]32)c1. The van der Waals surface area contributed by atoms with Gasteiger partial charge in [-0.15, -0.1) is 0 Å². The Kier molecular flexibility index (Phi) is 4.36. The summed E-state index contributed by atoms with van der Waals surface area (Å²) < 4.78 is 12.1. The molecule has 2 aliphatic heterocycles. The van der Waals surface area contributed by atoms with Gasteiger partial charge < -0.3 is 14.4 Å². The minimum atomic E-state index is -0.184. The molecule has 0 bridgehead atoms. The first-order valence-electron chi connectivity index (χ1n) is 8.63. The lowest BCUT2D eigenvalue weighted by atomic mass is 10.0. The van der Waals surface area contributed by atoms with Crippen LogP contribution in [0.4, 0.5) is 0 Å². The molecule has 6 heteroatoms. The predicted molar refractivity (Wildman–Crippen MR) is 91.4 cm³/mol.